The molecular weight excluding hydrogens is 292 g/mol. The van der Waals surface area contributed by atoms with Gasteiger partial charge in [-0.25, -0.2) is 9.89 Å². The van der Waals surface area contributed by atoms with Crippen molar-refractivity contribution in [2.45, 2.75) is 36.4 Å². The fourth-order valence-corrected chi connectivity index (χ4v) is 4.08. The molecule has 1 fully saturated rings. The minimum absolute atomic E-state index is 0.176. The molecule has 2 N–H and O–H groups in total. The first-order chi connectivity index (χ1) is 10.0. The number of nitrogens with zero attached hydrogens (tertiary/aromatic N) is 2. The van der Waals surface area contributed by atoms with Crippen molar-refractivity contribution in [1.29, 1.82) is 0 Å². The highest BCUT2D eigenvalue weighted by molar-refractivity contribution is 7.99. The summed E-state index contributed by atoms with van der Waals surface area (Å²) in [5.74, 6) is 0.881. The third-order valence-electron chi connectivity index (χ3n) is 4.35. The molecule has 2 atom stereocenters. The van der Waals surface area contributed by atoms with E-state index in [-0.39, 0.29) is 17.6 Å². The van der Waals surface area contributed by atoms with E-state index in [0.29, 0.717) is 5.16 Å². The van der Waals surface area contributed by atoms with Crippen LogP contribution in [0.3, 0.4) is 0 Å². The molecule has 0 aromatic carbocycles. The van der Waals surface area contributed by atoms with Crippen LogP contribution in [-0.4, -0.2) is 46.2 Å². The summed E-state index contributed by atoms with van der Waals surface area (Å²) in [6, 6.07) is 0. The molecular formula is C13H22N4O3S. The first-order valence-electron chi connectivity index (χ1n) is 7.06. The van der Waals surface area contributed by atoms with Gasteiger partial charge in [0.2, 0.25) is 0 Å². The lowest BCUT2D eigenvalue weighted by atomic mass is 9.85. The Labute approximate surface area is 127 Å². The van der Waals surface area contributed by atoms with Gasteiger partial charge in [-0.2, -0.15) is 0 Å². The molecule has 1 heterocycles. The van der Waals surface area contributed by atoms with E-state index in [2.05, 4.69) is 15.5 Å². The highest BCUT2D eigenvalue weighted by Crippen LogP contribution is 2.39. The van der Waals surface area contributed by atoms with Crippen molar-refractivity contribution in [3.63, 3.8) is 0 Å². The van der Waals surface area contributed by atoms with Crippen LogP contribution in [0.1, 0.15) is 25.7 Å². The summed E-state index contributed by atoms with van der Waals surface area (Å²) in [4.78, 5) is 23.4. The van der Waals surface area contributed by atoms with Crippen molar-refractivity contribution in [3.8, 4) is 0 Å². The smallest absolute Gasteiger partial charge is 0.343 e. The molecule has 0 radical (unpaired) electrons. The van der Waals surface area contributed by atoms with Gasteiger partial charge in [-0.1, -0.05) is 18.2 Å². The molecule has 118 valence electrons. The molecule has 1 aliphatic rings. The number of hydrogen-bond donors (Lipinski definition) is 2. The average molecular weight is 314 g/mol. The SMILES string of the molecule is CNC1(C(=O)OC)CCCC1CCSc1n[nH]c(=O)n1C. The molecule has 0 bridgehead atoms. The van der Waals surface area contributed by atoms with Crippen LogP contribution >= 0.6 is 11.8 Å². The highest BCUT2D eigenvalue weighted by atomic mass is 32.2. The van der Waals surface area contributed by atoms with Crippen molar-refractivity contribution in [1.82, 2.24) is 20.1 Å². The van der Waals surface area contributed by atoms with Crippen LogP contribution in [0.5, 0.6) is 0 Å². The van der Waals surface area contributed by atoms with Gasteiger partial charge in [0.25, 0.3) is 0 Å². The summed E-state index contributed by atoms with van der Waals surface area (Å²) in [6.07, 6.45) is 3.72. The van der Waals surface area contributed by atoms with Crippen molar-refractivity contribution in [2.24, 2.45) is 13.0 Å². The van der Waals surface area contributed by atoms with Crippen LogP contribution in [-0.2, 0) is 16.6 Å². The fraction of sp³-hybridized carbons (Fsp3) is 0.769. The Balaban J connectivity index is 1.97. The largest absolute Gasteiger partial charge is 0.468 e. The van der Waals surface area contributed by atoms with Crippen molar-refractivity contribution in [3.05, 3.63) is 10.5 Å². The molecule has 1 aliphatic carbocycles. The third kappa shape index (κ3) is 3.01. The van der Waals surface area contributed by atoms with Crippen LogP contribution in [0.15, 0.2) is 9.95 Å². The van der Waals surface area contributed by atoms with Gasteiger partial charge in [0.15, 0.2) is 5.16 Å². The third-order valence-corrected chi connectivity index (χ3v) is 5.42. The van der Waals surface area contributed by atoms with Gasteiger partial charge >= 0.3 is 11.7 Å². The van der Waals surface area contributed by atoms with Gasteiger partial charge in [-0.05, 0) is 32.2 Å². The number of rotatable bonds is 6. The zero-order chi connectivity index (χ0) is 15.5. The normalized spacial score (nSPS) is 25.2. The first-order valence-corrected chi connectivity index (χ1v) is 8.05. The van der Waals surface area contributed by atoms with Crippen molar-refractivity contribution in [2.75, 3.05) is 19.9 Å². The summed E-state index contributed by atoms with van der Waals surface area (Å²) in [5.41, 5.74) is -0.773. The lowest BCUT2D eigenvalue weighted by Crippen LogP contribution is -2.53. The molecule has 2 rings (SSSR count). The molecule has 0 amide bonds. The number of likely N-dealkylation sites (N-methyl/N-ethyl adjacent to an activating group) is 1. The van der Waals surface area contributed by atoms with Gasteiger partial charge < -0.3 is 10.1 Å². The Morgan fingerprint density at radius 2 is 2.43 bits per heavy atom. The minimum Gasteiger partial charge on any atom is -0.468 e. The summed E-state index contributed by atoms with van der Waals surface area (Å²) in [5, 5.41) is 10.2. The van der Waals surface area contributed by atoms with E-state index in [1.54, 1.807) is 7.05 Å². The van der Waals surface area contributed by atoms with E-state index in [1.165, 1.54) is 23.4 Å². The number of hydrogen-bond acceptors (Lipinski definition) is 6. The zero-order valence-electron chi connectivity index (χ0n) is 12.6. The van der Waals surface area contributed by atoms with Crippen LogP contribution in [0.25, 0.3) is 0 Å². The lowest BCUT2D eigenvalue weighted by Gasteiger charge is -2.32. The molecule has 7 nitrogen and oxygen atoms in total. The summed E-state index contributed by atoms with van der Waals surface area (Å²) in [7, 11) is 4.95. The summed E-state index contributed by atoms with van der Waals surface area (Å²) in [6.45, 7) is 0. The second-order valence-electron chi connectivity index (χ2n) is 5.31. The zero-order valence-corrected chi connectivity index (χ0v) is 13.5. The Morgan fingerprint density at radius 1 is 1.67 bits per heavy atom. The highest BCUT2D eigenvalue weighted by Gasteiger charge is 2.48. The second kappa shape index (κ2) is 6.65. The standard InChI is InChI=1S/C13H22N4O3S/c1-14-13(10(18)20-3)7-4-5-9(13)6-8-21-12-16-15-11(19)17(12)2/h9,14H,4-8H2,1-3H3,(H,15,19). The number of aromatic amines is 1. The van der Waals surface area contributed by atoms with E-state index in [1.807, 2.05) is 7.05 Å². The van der Waals surface area contributed by atoms with E-state index >= 15 is 0 Å². The number of H-pyrrole nitrogens is 1. The molecule has 2 unspecified atom stereocenters. The molecule has 0 saturated heterocycles. The molecule has 21 heavy (non-hydrogen) atoms. The predicted octanol–water partition coefficient (Wildman–Crippen LogP) is 0.522. The lowest BCUT2D eigenvalue weighted by molar-refractivity contribution is -0.150. The van der Waals surface area contributed by atoms with Crippen LogP contribution in [0.4, 0.5) is 0 Å². The quantitative estimate of drug-likeness (QED) is 0.588. The summed E-state index contributed by atoms with van der Waals surface area (Å²) < 4.78 is 6.47. The number of thioether (sulfide) groups is 1. The van der Waals surface area contributed by atoms with Gasteiger partial charge in [0, 0.05) is 12.8 Å². The molecule has 8 heteroatoms. The fourth-order valence-electron chi connectivity index (χ4n) is 3.10. The van der Waals surface area contributed by atoms with Crippen LogP contribution < -0.4 is 11.0 Å². The predicted molar refractivity (Wildman–Crippen MR) is 80.3 cm³/mol. The molecule has 1 saturated carbocycles. The Morgan fingerprint density at radius 3 is 3.00 bits per heavy atom. The Hall–Kier alpha value is -1.28. The number of aromatic nitrogens is 3. The number of methoxy groups -OCH3 is 1. The maximum atomic E-state index is 12.1. The Bertz CT molecular complexity index is 556. The van der Waals surface area contributed by atoms with Gasteiger partial charge in [-0.3, -0.25) is 9.36 Å². The van der Waals surface area contributed by atoms with Crippen molar-refractivity contribution < 1.29 is 9.53 Å². The number of carbonyl (C=O) groups is 1. The van der Waals surface area contributed by atoms with Gasteiger partial charge in [0.1, 0.15) is 5.54 Å². The molecule has 0 spiro atoms. The molecule has 1 aromatic heterocycles. The number of esters is 1. The topological polar surface area (TPSA) is 89.0 Å². The first kappa shape index (κ1) is 16.1. The van der Waals surface area contributed by atoms with Gasteiger partial charge in [-0.15, -0.1) is 5.10 Å². The van der Waals surface area contributed by atoms with E-state index in [9.17, 15) is 9.59 Å². The van der Waals surface area contributed by atoms with E-state index in [4.69, 9.17) is 4.74 Å². The second-order valence-corrected chi connectivity index (χ2v) is 6.37. The molecule has 1 aromatic rings. The van der Waals surface area contributed by atoms with Gasteiger partial charge in [0.05, 0.1) is 7.11 Å². The number of carbonyl (C=O) groups excluding carboxylic acids is 1. The van der Waals surface area contributed by atoms with Crippen molar-refractivity contribution >= 4 is 17.7 Å². The van der Waals surface area contributed by atoms with E-state index < -0.39 is 5.54 Å². The minimum atomic E-state index is -0.563. The average Bonchev–Trinajstić information content (AvgIpc) is 3.05. The van der Waals surface area contributed by atoms with E-state index in [0.717, 1.165) is 31.4 Å². The maximum Gasteiger partial charge on any atom is 0.343 e. The Kier molecular flexibility index (Phi) is 5.10. The molecule has 0 aliphatic heterocycles. The number of ether oxygens (including phenoxy) is 1. The maximum absolute atomic E-state index is 12.1. The monoisotopic (exact) mass is 314 g/mol. The van der Waals surface area contributed by atoms with Crippen LogP contribution in [0, 0.1) is 5.92 Å². The number of nitrogens with one attached hydrogen (secondary N) is 2. The van der Waals surface area contributed by atoms with Crippen LogP contribution in [0.2, 0.25) is 0 Å². The summed E-state index contributed by atoms with van der Waals surface area (Å²) >= 11 is 1.53.